The second-order valence-electron chi connectivity index (χ2n) is 4.48. The minimum Gasteiger partial charge on any atom is -0.371 e. The summed E-state index contributed by atoms with van der Waals surface area (Å²) >= 11 is 0. The third-order valence-corrected chi connectivity index (χ3v) is 3.40. The lowest BCUT2D eigenvalue weighted by atomic mass is 10.0. The van der Waals surface area contributed by atoms with Crippen LogP contribution in [0.2, 0.25) is 0 Å². The highest BCUT2D eigenvalue weighted by Crippen LogP contribution is 2.24. The second-order valence-corrected chi connectivity index (χ2v) is 4.48. The molecule has 0 spiro atoms. The van der Waals surface area contributed by atoms with Crippen molar-refractivity contribution in [2.24, 2.45) is 0 Å². The number of rotatable bonds is 2. The van der Waals surface area contributed by atoms with Crippen LogP contribution in [0.3, 0.4) is 0 Å². The van der Waals surface area contributed by atoms with Gasteiger partial charge in [-0.15, -0.1) is 0 Å². The standard InChI is InChI=1S/C13H19FN2/c1-10-9-11(14)3-4-13(10)16-7-5-12(15-2)6-8-16/h3-4,9,12,15H,5-8H2,1-2H3. The van der Waals surface area contributed by atoms with Gasteiger partial charge < -0.3 is 10.2 Å². The van der Waals surface area contributed by atoms with Gasteiger partial charge >= 0.3 is 0 Å². The van der Waals surface area contributed by atoms with Gasteiger partial charge in [0.2, 0.25) is 0 Å². The molecule has 1 fully saturated rings. The summed E-state index contributed by atoms with van der Waals surface area (Å²) in [7, 11) is 2.02. The molecule has 0 saturated carbocycles. The summed E-state index contributed by atoms with van der Waals surface area (Å²) in [5, 5.41) is 3.31. The smallest absolute Gasteiger partial charge is 0.123 e. The van der Waals surface area contributed by atoms with Crippen LogP contribution in [-0.4, -0.2) is 26.2 Å². The van der Waals surface area contributed by atoms with E-state index in [1.165, 1.54) is 5.69 Å². The third-order valence-electron chi connectivity index (χ3n) is 3.40. The molecule has 1 aliphatic rings. The zero-order valence-corrected chi connectivity index (χ0v) is 9.96. The summed E-state index contributed by atoms with van der Waals surface area (Å²) in [5.74, 6) is -0.147. The Morgan fingerprint density at radius 3 is 2.56 bits per heavy atom. The van der Waals surface area contributed by atoms with Gasteiger partial charge in [-0.2, -0.15) is 0 Å². The fourth-order valence-electron chi connectivity index (χ4n) is 2.38. The first kappa shape index (κ1) is 11.4. The molecule has 88 valence electrons. The van der Waals surface area contributed by atoms with Crippen molar-refractivity contribution in [2.45, 2.75) is 25.8 Å². The summed E-state index contributed by atoms with van der Waals surface area (Å²) in [4.78, 5) is 2.35. The molecule has 2 rings (SSSR count). The van der Waals surface area contributed by atoms with E-state index in [0.29, 0.717) is 6.04 Å². The fourth-order valence-corrected chi connectivity index (χ4v) is 2.38. The Hall–Kier alpha value is -1.09. The van der Waals surface area contributed by atoms with Crippen LogP contribution < -0.4 is 10.2 Å². The average Bonchev–Trinajstić information content (AvgIpc) is 2.29. The van der Waals surface area contributed by atoms with Gasteiger partial charge in [-0.05, 0) is 50.6 Å². The summed E-state index contributed by atoms with van der Waals surface area (Å²) in [6, 6.07) is 5.69. The van der Waals surface area contributed by atoms with E-state index in [1.807, 2.05) is 20.0 Å². The molecule has 1 heterocycles. The van der Waals surface area contributed by atoms with Crippen molar-refractivity contribution in [3.05, 3.63) is 29.6 Å². The Labute approximate surface area is 96.5 Å². The van der Waals surface area contributed by atoms with Crippen LogP contribution >= 0.6 is 0 Å². The van der Waals surface area contributed by atoms with Crippen LogP contribution in [0, 0.1) is 12.7 Å². The van der Waals surface area contributed by atoms with Crippen molar-refractivity contribution in [1.82, 2.24) is 5.32 Å². The zero-order valence-electron chi connectivity index (χ0n) is 9.96. The van der Waals surface area contributed by atoms with Gasteiger partial charge in [-0.1, -0.05) is 0 Å². The summed E-state index contributed by atoms with van der Waals surface area (Å²) in [6.45, 7) is 4.08. The molecule has 1 aromatic rings. The molecule has 1 saturated heterocycles. The van der Waals surface area contributed by atoms with Gasteiger partial charge in [0.25, 0.3) is 0 Å². The molecule has 2 nitrogen and oxygen atoms in total. The lowest BCUT2D eigenvalue weighted by Crippen LogP contribution is -2.41. The Kier molecular flexibility index (Phi) is 3.44. The number of piperidine rings is 1. The lowest BCUT2D eigenvalue weighted by Gasteiger charge is -2.34. The first-order chi connectivity index (χ1) is 7.70. The van der Waals surface area contributed by atoms with Crippen molar-refractivity contribution < 1.29 is 4.39 Å². The van der Waals surface area contributed by atoms with E-state index in [0.717, 1.165) is 31.5 Å². The van der Waals surface area contributed by atoms with Crippen LogP contribution in [-0.2, 0) is 0 Å². The van der Waals surface area contributed by atoms with Crippen LogP contribution in [0.5, 0.6) is 0 Å². The molecule has 0 aromatic heterocycles. The van der Waals surface area contributed by atoms with Gasteiger partial charge in [-0.25, -0.2) is 4.39 Å². The van der Waals surface area contributed by atoms with Gasteiger partial charge in [0.15, 0.2) is 0 Å². The summed E-state index contributed by atoms with van der Waals surface area (Å²) in [6.07, 6.45) is 2.32. The Bertz CT molecular complexity index is 357. The number of hydrogen-bond acceptors (Lipinski definition) is 2. The van der Waals surface area contributed by atoms with E-state index in [-0.39, 0.29) is 5.82 Å². The molecule has 16 heavy (non-hydrogen) atoms. The average molecular weight is 222 g/mol. The van der Waals surface area contributed by atoms with E-state index < -0.39 is 0 Å². The van der Waals surface area contributed by atoms with E-state index in [1.54, 1.807) is 12.1 Å². The fraction of sp³-hybridized carbons (Fsp3) is 0.538. The second kappa shape index (κ2) is 4.83. The molecule has 1 aliphatic heterocycles. The zero-order chi connectivity index (χ0) is 11.5. The first-order valence-electron chi connectivity index (χ1n) is 5.89. The molecular formula is C13H19FN2. The maximum absolute atomic E-state index is 13.0. The minimum atomic E-state index is -0.147. The molecule has 0 radical (unpaired) electrons. The number of benzene rings is 1. The largest absolute Gasteiger partial charge is 0.371 e. The monoisotopic (exact) mass is 222 g/mol. The molecule has 0 atom stereocenters. The maximum atomic E-state index is 13.0. The highest BCUT2D eigenvalue weighted by Gasteiger charge is 2.18. The third kappa shape index (κ3) is 2.35. The summed E-state index contributed by atoms with van der Waals surface area (Å²) in [5.41, 5.74) is 2.21. The predicted molar refractivity (Wildman–Crippen MR) is 65.4 cm³/mol. The molecule has 1 aromatic carbocycles. The molecule has 3 heteroatoms. The minimum absolute atomic E-state index is 0.147. The number of nitrogens with zero attached hydrogens (tertiary/aromatic N) is 1. The van der Waals surface area contributed by atoms with Crippen molar-refractivity contribution in [3.8, 4) is 0 Å². The van der Waals surface area contributed by atoms with Crippen LogP contribution in [0.4, 0.5) is 10.1 Å². The number of nitrogens with one attached hydrogen (secondary N) is 1. The topological polar surface area (TPSA) is 15.3 Å². The number of halogens is 1. The molecule has 0 bridgehead atoms. The summed E-state index contributed by atoms with van der Waals surface area (Å²) < 4.78 is 13.0. The van der Waals surface area contributed by atoms with E-state index in [4.69, 9.17) is 0 Å². The number of aryl methyl sites for hydroxylation is 1. The predicted octanol–water partition coefficient (Wildman–Crippen LogP) is 2.32. The van der Waals surface area contributed by atoms with Crippen LogP contribution in [0.25, 0.3) is 0 Å². The van der Waals surface area contributed by atoms with E-state index in [2.05, 4.69) is 10.2 Å². The Morgan fingerprint density at radius 2 is 2.00 bits per heavy atom. The quantitative estimate of drug-likeness (QED) is 0.826. The normalized spacial score (nSPS) is 17.8. The molecule has 0 unspecified atom stereocenters. The van der Waals surface area contributed by atoms with Crippen molar-refractivity contribution in [2.75, 3.05) is 25.0 Å². The van der Waals surface area contributed by atoms with Crippen molar-refractivity contribution in [1.29, 1.82) is 0 Å². The SMILES string of the molecule is CNC1CCN(c2ccc(F)cc2C)CC1. The molecule has 0 aliphatic carbocycles. The van der Waals surface area contributed by atoms with Gasteiger partial charge in [0, 0.05) is 24.8 Å². The lowest BCUT2D eigenvalue weighted by molar-refractivity contribution is 0.442. The highest BCUT2D eigenvalue weighted by atomic mass is 19.1. The number of anilines is 1. The molecule has 1 N–H and O–H groups in total. The first-order valence-corrected chi connectivity index (χ1v) is 5.89. The highest BCUT2D eigenvalue weighted by molar-refractivity contribution is 5.53. The van der Waals surface area contributed by atoms with Gasteiger partial charge in [0.1, 0.15) is 5.82 Å². The maximum Gasteiger partial charge on any atom is 0.123 e. The van der Waals surface area contributed by atoms with Gasteiger partial charge in [0.05, 0.1) is 0 Å². The van der Waals surface area contributed by atoms with E-state index >= 15 is 0 Å². The van der Waals surface area contributed by atoms with E-state index in [9.17, 15) is 4.39 Å². The van der Waals surface area contributed by atoms with Gasteiger partial charge in [-0.3, -0.25) is 0 Å². The van der Waals surface area contributed by atoms with Crippen LogP contribution in [0.1, 0.15) is 18.4 Å². The molecule has 0 amide bonds. The Balaban J connectivity index is 2.08. The van der Waals surface area contributed by atoms with Crippen molar-refractivity contribution >= 4 is 5.69 Å². The number of hydrogen-bond donors (Lipinski definition) is 1. The van der Waals surface area contributed by atoms with Crippen molar-refractivity contribution in [3.63, 3.8) is 0 Å². The molecular weight excluding hydrogens is 203 g/mol. The Morgan fingerprint density at radius 1 is 1.31 bits per heavy atom. The van der Waals surface area contributed by atoms with Crippen LogP contribution in [0.15, 0.2) is 18.2 Å².